The van der Waals surface area contributed by atoms with Gasteiger partial charge in [-0.25, -0.2) is 9.98 Å². The van der Waals surface area contributed by atoms with Crippen LogP contribution in [0, 0.1) is 0 Å². The number of fused-ring (bicyclic) bond motifs is 1. The van der Waals surface area contributed by atoms with Gasteiger partial charge in [0.1, 0.15) is 17.0 Å². The molecule has 0 atom stereocenters. The second-order valence-corrected chi connectivity index (χ2v) is 7.67. The first-order valence-electron chi connectivity index (χ1n) is 8.58. The van der Waals surface area contributed by atoms with Crippen LogP contribution in [0.15, 0.2) is 57.3 Å². The lowest BCUT2D eigenvalue weighted by molar-refractivity contribution is 0.415. The van der Waals surface area contributed by atoms with Crippen LogP contribution in [0.1, 0.15) is 0 Å². The molecule has 2 aromatic heterocycles. The molecule has 0 amide bonds. The zero-order chi connectivity index (χ0) is 19.7. The number of hydrogen-bond acceptors (Lipinski definition) is 5. The van der Waals surface area contributed by atoms with E-state index in [0.29, 0.717) is 15.9 Å². The van der Waals surface area contributed by atoms with Crippen molar-refractivity contribution in [3.63, 3.8) is 0 Å². The molecule has 2 aromatic carbocycles. The molecule has 4 aromatic rings. The van der Waals surface area contributed by atoms with Gasteiger partial charge in [-0.3, -0.25) is 0 Å². The summed E-state index contributed by atoms with van der Waals surface area (Å²) < 4.78 is 11.6. The monoisotopic (exact) mass is 411 g/mol. The van der Waals surface area contributed by atoms with E-state index in [2.05, 4.69) is 9.98 Å². The molecule has 0 N–H and O–H groups in total. The lowest BCUT2D eigenvalue weighted by Gasteiger charge is -2.03. The molecule has 0 bridgehead atoms. The fourth-order valence-electron chi connectivity index (χ4n) is 2.88. The number of nitrogens with zero attached hydrogens (tertiary/aromatic N) is 3. The summed E-state index contributed by atoms with van der Waals surface area (Å²) >= 11 is 7.55. The number of ether oxygens (including phenoxy) is 1. The Bertz CT molecular complexity index is 1150. The summed E-state index contributed by atoms with van der Waals surface area (Å²) in [5.41, 5.74) is 3.47. The Balaban J connectivity index is 1.90. The Morgan fingerprint density at radius 2 is 1.96 bits per heavy atom. The summed E-state index contributed by atoms with van der Waals surface area (Å²) in [6.45, 7) is 0. The Hall–Kier alpha value is -2.83. The van der Waals surface area contributed by atoms with Crippen LogP contribution < -0.4 is 4.74 Å². The molecule has 28 heavy (non-hydrogen) atoms. The maximum atomic E-state index is 6.20. The molecule has 0 aliphatic heterocycles. The second kappa shape index (κ2) is 7.66. The standard InChI is InChI=1S/C21H18ClN3O2S/c1-25(2)12-23-21-24-17(11-28-21)20-19(13-4-6-14(22)7-5-13)16-10-15(26-3)8-9-18(16)27-20/h4-12H,1-3H3. The first kappa shape index (κ1) is 18.5. The summed E-state index contributed by atoms with van der Waals surface area (Å²) in [5.74, 6) is 1.47. The number of halogens is 1. The highest BCUT2D eigenvalue weighted by Crippen LogP contribution is 2.43. The van der Waals surface area contributed by atoms with Crippen molar-refractivity contribution < 1.29 is 9.15 Å². The minimum Gasteiger partial charge on any atom is -0.497 e. The third-order valence-corrected chi connectivity index (χ3v) is 5.15. The molecule has 7 heteroatoms. The van der Waals surface area contributed by atoms with Crippen molar-refractivity contribution >= 4 is 45.4 Å². The molecule has 0 saturated carbocycles. The quantitative estimate of drug-likeness (QED) is 0.294. The van der Waals surface area contributed by atoms with Gasteiger partial charge in [0.05, 0.1) is 13.4 Å². The van der Waals surface area contributed by atoms with E-state index in [-0.39, 0.29) is 0 Å². The van der Waals surface area contributed by atoms with Gasteiger partial charge >= 0.3 is 0 Å². The highest BCUT2D eigenvalue weighted by molar-refractivity contribution is 7.13. The first-order chi connectivity index (χ1) is 13.5. The van der Waals surface area contributed by atoms with Crippen molar-refractivity contribution in [2.24, 2.45) is 4.99 Å². The number of hydrogen-bond donors (Lipinski definition) is 0. The number of aromatic nitrogens is 1. The Morgan fingerprint density at radius 3 is 2.68 bits per heavy atom. The maximum Gasteiger partial charge on any atom is 0.211 e. The molecular weight excluding hydrogens is 394 g/mol. The summed E-state index contributed by atoms with van der Waals surface area (Å²) in [7, 11) is 5.49. The SMILES string of the molecule is COc1ccc2oc(-c3csc(N=CN(C)C)n3)c(-c3ccc(Cl)cc3)c2c1. The molecule has 0 unspecified atom stereocenters. The van der Waals surface area contributed by atoms with E-state index < -0.39 is 0 Å². The number of aliphatic imine (C=N–C) groups is 1. The van der Waals surface area contributed by atoms with Crippen molar-refractivity contribution in [1.82, 2.24) is 9.88 Å². The molecule has 0 radical (unpaired) electrons. The summed E-state index contributed by atoms with van der Waals surface area (Å²) in [6.07, 6.45) is 1.73. The van der Waals surface area contributed by atoms with E-state index in [0.717, 1.165) is 33.5 Å². The van der Waals surface area contributed by atoms with Crippen LogP contribution >= 0.6 is 22.9 Å². The second-order valence-electron chi connectivity index (χ2n) is 6.40. The van der Waals surface area contributed by atoms with Gasteiger partial charge in [-0.15, -0.1) is 11.3 Å². The fourth-order valence-corrected chi connectivity index (χ4v) is 3.64. The smallest absolute Gasteiger partial charge is 0.211 e. The Kier molecular flexibility index (Phi) is 5.07. The Labute approximate surface area is 171 Å². The van der Waals surface area contributed by atoms with Crippen LogP contribution in [0.2, 0.25) is 5.02 Å². The molecule has 2 heterocycles. The molecule has 5 nitrogen and oxygen atoms in total. The van der Waals surface area contributed by atoms with Crippen molar-refractivity contribution in [2.75, 3.05) is 21.2 Å². The van der Waals surface area contributed by atoms with E-state index in [1.807, 2.05) is 66.8 Å². The number of furan rings is 1. The number of rotatable bonds is 5. The predicted octanol–water partition coefficient (Wildman–Crippen LogP) is 6.11. The van der Waals surface area contributed by atoms with Crippen LogP contribution in [-0.4, -0.2) is 37.4 Å². The van der Waals surface area contributed by atoms with Gasteiger partial charge in [0.2, 0.25) is 5.13 Å². The van der Waals surface area contributed by atoms with Gasteiger partial charge in [-0.05, 0) is 35.9 Å². The van der Waals surface area contributed by atoms with Gasteiger partial charge in [-0.2, -0.15) is 0 Å². The zero-order valence-electron chi connectivity index (χ0n) is 15.6. The number of thiazole rings is 1. The number of methoxy groups -OCH3 is 1. The first-order valence-corrected chi connectivity index (χ1v) is 9.84. The average molecular weight is 412 g/mol. The van der Waals surface area contributed by atoms with Crippen molar-refractivity contribution in [1.29, 1.82) is 0 Å². The molecule has 142 valence electrons. The van der Waals surface area contributed by atoms with E-state index >= 15 is 0 Å². The van der Waals surface area contributed by atoms with Crippen LogP contribution in [0.5, 0.6) is 5.75 Å². The normalized spacial score (nSPS) is 11.4. The highest BCUT2D eigenvalue weighted by atomic mass is 35.5. The molecule has 0 aliphatic rings. The van der Waals surface area contributed by atoms with Crippen LogP contribution in [-0.2, 0) is 0 Å². The van der Waals surface area contributed by atoms with Gasteiger partial charge in [0.25, 0.3) is 0 Å². The topological polar surface area (TPSA) is 50.9 Å². The minimum absolute atomic E-state index is 0.670. The van der Waals surface area contributed by atoms with Gasteiger partial charge < -0.3 is 14.1 Å². The molecule has 0 aliphatic carbocycles. The highest BCUT2D eigenvalue weighted by Gasteiger charge is 2.20. The average Bonchev–Trinajstić information content (AvgIpc) is 3.31. The van der Waals surface area contributed by atoms with E-state index in [1.54, 1.807) is 13.4 Å². The Morgan fingerprint density at radius 1 is 1.18 bits per heavy atom. The molecular formula is C21H18ClN3O2S. The van der Waals surface area contributed by atoms with Crippen molar-refractivity contribution in [2.45, 2.75) is 0 Å². The molecule has 4 rings (SSSR count). The van der Waals surface area contributed by atoms with E-state index in [9.17, 15) is 0 Å². The van der Waals surface area contributed by atoms with Gasteiger partial charge in [0, 0.05) is 35.4 Å². The van der Waals surface area contributed by atoms with E-state index in [4.69, 9.17) is 20.8 Å². The fraction of sp³-hybridized carbons (Fsp3) is 0.143. The van der Waals surface area contributed by atoms with Crippen molar-refractivity contribution in [3.8, 4) is 28.3 Å². The minimum atomic E-state index is 0.670. The van der Waals surface area contributed by atoms with Gasteiger partial charge in [-0.1, -0.05) is 23.7 Å². The van der Waals surface area contributed by atoms with E-state index in [1.165, 1.54) is 11.3 Å². The summed E-state index contributed by atoms with van der Waals surface area (Å²) in [6, 6.07) is 13.5. The molecule has 0 saturated heterocycles. The lowest BCUT2D eigenvalue weighted by Crippen LogP contribution is -2.06. The predicted molar refractivity (Wildman–Crippen MR) is 116 cm³/mol. The maximum absolute atomic E-state index is 6.20. The molecule has 0 fully saturated rings. The third kappa shape index (κ3) is 3.61. The number of benzene rings is 2. The van der Waals surface area contributed by atoms with Crippen LogP contribution in [0.4, 0.5) is 5.13 Å². The largest absolute Gasteiger partial charge is 0.497 e. The van der Waals surface area contributed by atoms with Crippen LogP contribution in [0.25, 0.3) is 33.6 Å². The van der Waals surface area contributed by atoms with Gasteiger partial charge in [0.15, 0.2) is 5.76 Å². The summed E-state index contributed by atoms with van der Waals surface area (Å²) in [4.78, 5) is 10.9. The zero-order valence-corrected chi connectivity index (χ0v) is 17.2. The van der Waals surface area contributed by atoms with Crippen molar-refractivity contribution in [3.05, 3.63) is 52.9 Å². The third-order valence-electron chi connectivity index (χ3n) is 4.15. The lowest BCUT2D eigenvalue weighted by atomic mass is 10.0. The van der Waals surface area contributed by atoms with Crippen LogP contribution in [0.3, 0.4) is 0 Å². The molecule has 0 spiro atoms. The summed E-state index contributed by atoms with van der Waals surface area (Å²) in [5, 5.41) is 4.27.